The maximum atomic E-state index is 13.2. The van der Waals surface area contributed by atoms with Crippen LogP contribution in [-0.4, -0.2) is 17.6 Å². The van der Waals surface area contributed by atoms with Gasteiger partial charge in [0.2, 0.25) is 5.95 Å². The highest BCUT2D eigenvalue weighted by Gasteiger charge is 2.30. The average Bonchev–Trinajstić information content (AvgIpc) is 2.37. The predicted octanol–water partition coefficient (Wildman–Crippen LogP) is 3.60. The smallest absolute Gasteiger partial charge is 0.406 e. The SMILES string of the molecule is O=Cc1cc(F)nc(-c2ccc(OC(F)(F)F)cc2)c1. The minimum atomic E-state index is -4.77. The largest absolute Gasteiger partial charge is 0.573 e. The fourth-order valence-electron chi connectivity index (χ4n) is 1.56. The van der Waals surface area contributed by atoms with Gasteiger partial charge in [-0.2, -0.15) is 4.39 Å². The van der Waals surface area contributed by atoms with Gasteiger partial charge in [0, 0.05) is 17.2 Å². The number of hydrogen-bond acceptors (Lipinski definition) is 3. The number of nitrogens with zero attached hydrogens (tertiary/aromatic N) is 1. The molecule has 104 valence electrons. The number of aldehydes is 1. The first-order valence-corrected chi connectivity index (χ1v) is 5.36. The Kier molecular flexibility index (Phi) is 3.69. The van der Waals surface area contributed by atoms with E-state index in [1.165, 1.54) is 18.2 Å². The molecule has 20 heavy (non-hydrogen) atoms. The summed E-state index contributed by atoms with van der Waals surface area (Å²) in [7, 11) is 0. The number of hydrogen-bond donors (Lipinski definition) is 0. The third-order valence-electron chi connectivity index (χ3n) is 2.34. The third-order valence-corrected chi connectivity index (χ3v) is 2.34. The number of halogens is 4. The fourth-order valence-corrected chi connectivity index (χ4v) is 1.56. The lowest BCUT2D eigenvalue weighted by Gasteiger charge is -2.09. The normalized spacial score (nSPS) is 11.2. The molecule has 0 N–H and O–H groups in total. The van der Waals surface area contributed by atoms with Crippen LogP contribution in [0.3, 0.4) is 0 Å². The molecule has 1 aromatic carbocycles. The Bertz CT molecular complexity index is 623. The van der Waals surface area contributed by atoms with E-state index in [-0.39, 0.29) is 11.3 Å². The molecular formula is C13H7F4NO2. The summed E-state index contributed by atoms with van der Waals surface area (Å²) in [5.74, 6) is -1.24. The first-order valence-electron chi connectivity index (χ1n) is 5.36. The fraction of sp³-hybridized carbons (Fsp3) is 0.0769. The minimum absolute atomic E-state index is 0.0862. The second kappa shape index (κ2) is 5.28. The topological polar surface area (TPSA) is 39.2 Å². The lowest BCUT2D eigenvalue weighted by molar-refractivity contribution is -0.274. The van der Waals surface area contributed by atoms with Gasteiger partial charge < -0.3 is 4.74 Å². The van der Waals surface area contributed by atoms with Crippen molar-refractivity contribution in [3.8, 4) is 17.0 Å². The summed E-state index contributed by atoms with van der Waals surface area (Å²) >= 11 is 0. The van der Waals surface area contributed by atoms with E-state index in [4.69, 9.17) is 0 Å². The highest BCUT2D eigenvalue weighted by Crippen LogP contribution is 2.26. The zero-order chi connectivity index (χ0) is 14.8. The van der Waals surface area contributed by atoms with Crippen molar-refractivity contribution >= 4 is 6.29 Å². The van der Waals surface area contributed by atoms with Gasteiger partial charge in [0.25, 0.3) is 0 Å². The Labute approximate surface area is 110 Å². The van der Waals surface area contributed by atoms with E-state index in [2.05, 4.69) is 9.72 Å². The molecule has 1 aromatic heterocycles. The summed E-state index contributed by atoms with van der Waals surface area (Å²) in [4.78, 5) is 14.2. The van der Waals surface area contributed by atoms with Crippen molar-refractivity contribution in [3.05, 3.63) is 47.9 Å². The standard InChI is InChI=1S/C13H7F4NO2/c14-12-6-8(7-19)5-11(18-12)9-1-3-10(4-2-9)20-13(15,16)17/h1-7H. The van der Waals surface area contributed by atoms with E-state index < -0.39 is 18.1 Å². The van der Waals surface area contributed by atoms with Crippen molar-refractivity contribution in [3.63, 3.8) is 0 Å². The molecule has 0 spiro atoms. The molecule has 1 heterocycles. The van der Waals surface area contributed by atoms with Gasteiger partial charge in [-0.05, 0) is 30.3 Å². The number of carbonyl (C=O) groups is 1. The van der Waals surface area contributed by atoms with E-state index in [0.29, 0.717) is 11.8 Å². The lowest BCUT2D eigenvalue weighted by atomic mass is 10.1. The van der Waals surface area contributed by atoms with E-state index in [1.54, 1.807) is 0 Å². The first-order chi connectivity index (χ1) is 9.37. The minimum Gasteiger partial charge on any atom is -0.406 e. The van der Waals surface area contributed by atoms with Crippen molar-refractivity contribution < 1.29 is 27.1 Å². The molecule has 0 fully saturated rings. The third kappa shape index (κ3) is 3.53. The van der Waals surface area contributed by atoms with Crippen LogP contribution < -0.4 is 4.74 Å². The molecule has 0 bridgehead atoms. The molecule has 2 aromatic rings. The van der Waals surface area contributed by atoms with Crippen LogP contribution in [0.2, 0.25) is 0 Å². The van der Waals surface area contributed by atoms with Crippen LogP contribution in [0.4, 0.5) is 17.6 Å². The van der Waals surface area contributed by atoms with Crippen LogP contribution in [0.5, 0.6) is 5.75 Å². The van der Waals surface area contributed by atoms with Gasteiger partial charge >= 0.3 is 6.36 Å². The van der Waals surface area contributed by atoms with Gasteiger partial charge in [0.15, 0.2) is 0 Å². The molecule has 0 saturated carbocycles. The van der Waals surface area contributed by atoms with Gasteiger partial charge in [0.05, 0.1) is 5.69 Å². The van der Waals surface area contributed by atoms with Gasteiger partial charge in [-0.3, -0.25) is 4.79 Å². The summed E-state index contributed by atoms with van der Waals surface area (Å²) in [5.41, 5.74) is 0.593. The molecule has 7 heteroatoms. The zero-order valence-electron chi connectivity index (χ0n) is 9.82. The van der Waals surface area contributed by atoms with Gasteiger partial charge in [0.1, 0.15) is 12.0 Å². The summed E-state index contributed by atoms with van der Waals surface area (Å²) in [6, 6.07) is 7.02. The molecule has 0 aliphatic carbocycles. The maximum Gasteiger partial charge on any atom is 0.573 e. The Morgan fingerprint density at radius 3 is 2.30 bits per heavy atom. The molecule has 0 saturated heterocycles. The molecule has 0 radical (unpaired) electrons. The number of benzene rings is 1. The van der Waals surface area contributed by atoms with E-state index in [1.807, 2.05) is 0 Å². The van der Waals surface area contributed by atoms with Crippen LogP contribution in [0.25, 0.3) is 11.3 Å². The summed E-state index contributed by atoms with van der Waals surface area (Å²) in [6.45, 7) is 0. The highest BCUT2D eigenvalue weighted by atomic mass is 19.4. The van der Waals surface area contributed by atoms with Crippen molar-refractivity contribution in [2.24, 2.45) is 0 Å². The van der Waals surface area contributed by atoms with Crippen molar-refractivity contribution in [2.45, 2.75) is 6.36 Å². The van der Waals surface area contributed by atoms with Gasteiger partial charge in [-0.15, -0.1) is 13.2 Å². The first kappa shape index (κ1) is 14.0. The number of aromatic nitrogens is 1. The van der Waals surface area contributed by atoms with Crippen molar-refractivity contribution in [2.75, 3.05) is 0 Å². The average molecular weight is 285 g/mol. The molecule has 0 atom stereocenters. The van der Waals surface area contributed by atoms with Crippen LogP contribution in [0.1, 0.15) is 10.4 Å². The number of carbonyl (C=O) groups excluding carboxylic acids is 1. The van der Waals surface area contributed by atoms with E-state index in [0.717, 1.165) is 18.2 Å². The number of pyridine rings is 1. The Morgan fingerprint density at radius 2 is 1.75 bits per heavy atom. The summed E-state index contributed by atoms with van der Waals surface area (Å²) < 4.78 is 52.8. The van der Waals surface area contributed by atoms with Crippen LogP contribution >= 0.6 is 0 Å². The quantitative estimate of drug-likeness (QED) is 0.491. The number of alkyl halides is 3. The molecule has 3 nitrogen and oxygen atoms in total. The van der Waals surface area contributed by atoms with Crippen molar-refractivity contribution in [1.82, 2.24) is 4.98 Å². The Hall–Kier alpha value is -2.44. The second-order valence-electron chi connectivity index (χ2n) is 3.80. The van der Waals surface area contributed by atoms with Crippen LogP contribution in [0.15, 0.2) is 36.4 Å². The van der Waals surface area contributed by atoms with E-state index in [9.17, 15) is 22.4 Å². The molecule has 0 aliphatic heterocycles. The number of ether oxygens (including phenoxy) is 1. The van der Waals surface area contributed by atoms with Crippen molar-refractivity contribution in [1.29, 1.82) is 0 Å². The summed E-state index contributed by atoms with van der Waals surface area (Å²) in [6.07, 6.45) is -4.32. The van der Waals surface area contributed by atoms with Crippen LogP contribution in [-0.2, 0) is 0 Å². The maximum absolute atomic E-state index is 13.2. The Balaban J connectivity index is 2.30. The van der Waals surface area contributed by atoms with Crippen LogP contribution in [0, 0.1) is 5.95 Å². The highest BCUT2D eigenvalue weighted by molar-refractivity contribution is 5.77. The van der Waals surface area contributed by atoms with Gasteiger partial charge in [-0.1, -0.05) is 0 Å². The molecular weight excluding hydrogens is 278 g/mol. The predicted molar refractivity (Wildman–Crippen MR) is 61.7 cm³/mol. The molecule has 2 rings (SSSR count). The number of rotatable bonds is 3. The summed E-state index contributed by atoms with van der Waals surface area (Å²) in [5, 5.41) is 0. The van der Waals surface area contributed by atoms with E-state index >= 15 is 0 Å². The Morgan fingerprint density at radius 1 is 1.10 bits per heavy atom. The zero-order valence-corrected chi connectivity index (χ0v) is 9.82. The molecule has 0 unspecified atom stereocenters. The molecule has 0 aliphatic rings. The van der Waals surface area contributed by atoms with Gasteiger partial charge in [-0.25, -0.2) is 4.98 Å². The molecule has 0 amide bonds. The monoisotopic (exact) mass is 285 g/mol. The lowest BCUT2D eigenvalue weighted by Crippen LogP contribution is -2.16. The second-order valence-corrected chi connectivity index (χ2v) is 3.80.